The molecule has 2 rings (SSSR count). The summed E-state index contributed by atoms with van der Waals surface area (Å²) in [6.45, 7) is 0. The van der Waals surface area contributed by atoms with E-state index in [1.807, 2.05) is 6.07 Å². The number of anilines is 1. The molecule has 1 N–H and O–H groups in total. The zero-order valence-corrected chi connectivity index (χ0v) is 11.5. The van der Waals surface area contributed by atoms with Crippen molar-refractivity contribution in [1.29, 1.82) is 5.26 Å². The van der Waals surface area contributed by atoms with Gasteiger partial charge in [-0.3, -0.25) is 4.79 Å². The second kappa shape index (κ2) is 5.91. The van der Waals surface area contributed by atoms with Crippen molar-refractivity contribution in [2.75, 3.05) is 5.32 Å². The van der Waals surface area contributed by atoms with Crippen molar-refractivity contribution in [1.82, 2.24) is 0 Å². The van der Waals surface area contributed by atoms with Gasteiger partial charge >= 0.3 is 0 Å². The summed E-state index contributed by atoms with van der Waals surface area (Å²) < 4.78 is 13.4. The number of rotatable bonds is 2. The first kappa shape index (κ1) is 14.3. The van der Waals surface area contributed by atoms with Crippen LogP contribution in [0.15, 0.2) is 36.4 Å². The van der Waals surface area contributed by atoms with Gasteiger partial charge in [0.05, 0.1) is 27.2 Å². The molecule has 0 saturated heterocycles. The summed E-state index contributed by atoms with van der Waals surface area (Å²) in [7, 11) is 0. The molecule has 0 heterocycles. The van der Waals surface area contributed by atoms with Crippen LogP contribution in [-0.4, -0.2) is 5.91 Å². The molecule has 0 aliphatic rings. The summed E-state index contributed by atoms with van der Waals surface area (Å²) in [5, 5.41) is 11.2. The van der Waals surface area contributed by atoms with E-state index in [-0.39, 0.29) is 15.6 Å². The van der Waals surface area contributed by atoms with Crippen molar-refractivity contribution in [2.24, 2.45) is 0 Å². The van der Waals surface area contributed by atoms with Crippen LogP contribution in [0.2, 0.25) is 10.0 Å². The number of carbonyl (C=O) groups excluding carboxylic acids is 1. The second-order valence-corrected chi connectivity index (χ2v) is 4.71. The highest BCUT2D eigenvalue weighted by atomic mass is 35.5. The van der Waals surface area contributed by atoms with E-state index in [0.29, 0.717) is 11.3 Å². The number of nitriles is 1. The van der Waals surface area contributed by atoms with Gasteiger partial charge in [0, 0.05) is 5.69 Å². The molecule has 0 atom stereocenters. The van der Waals surface area contributed by atoms with Gasteiger partial charge in [0.2, 0.25) is 0 Å². The maximum atomic E-state index is 13.4. The van der Waals surface area contributed by atoms with Gasteiger partial charge in [-0.05, 0) is 30.3 Å². The van der Waals surface area contributed by atoms with Crippen molar-refractivity contribution < 1.29 is 9.18 Å². The molecule has 2 aromatic carbocycles. The molecule has 3 nitrogen and oxygen atoms in total. The van der Waals surface area contributed by atoms with E-state index in [1.165, 1.54) is 12.1 Å². The molecule has 2 aromatic rings. The van der Waals surface area contributed by atoms with Crippen LogP contribution in [0, 0.1) is 17.1 Å². The lowest BCUT2D eigenvalue weighted by atomic mass is 10.2. The zero-order chi connectivity index (χ0) is 14.7. The lowest BCUT2D eigenvalue weighted by Crippen LogP contribution is -2.13. The maximum Gasteiger partial charge on any atom is 0.257 e. The summed E-state index contributed by atoms with van der Waals surface area (Å²) >= 11 is 11.4. The molecular weight excluding hydrogens is 302 g/mol. The Labute approximate surface area is 124 Å². The van der Waals surface area contributed by atoms with E-state index < -0.39 is 11.7 Å². The number of hydrogen-bond acceptors (Lipinski definition) is 2. The highest BCUT2D eigenvalue weighted by Gasteiger charge is 2.14. The molecule has 0 aliphatic carbocycles. The van der Waals surface area contributed by atoms with Gasteiger partial charge in [-0.15, -0.1) is 0 Å². The number of hydrogen-bond donors (Lipinski definition) is 1. The average molecular weight is 309 g/mol. The molecule has 0 saturated carbocycles. The molecule has 6 heteroatoms. The molecule has 0 unspecified atom stereocenters. The average Bonchev–Trinajstić information content (AvgIpc) is 2.43. The Bertz CT molecular complexity index is 726. The second-order valence-electron chi connectivity index (χ2n) is 3.89. The van der Waals surface area contributed by atoms with Crippen molar-refractivity contribution in [3.05, 3.63) is 63.4 Å². The normalized spacial score (nSPS) is 9.90. The quantitative estimate of drug-likeness (QED) is 0.843. The van der Waals surface area contributed by atoms with E-state index in [4.69, 9.17) is 28.5 Å². The third kappa shape index (κ3) is 3.08. The number of benzene rings is 2. The van der Waals surface area contributed by atoms with Gasteiger partial charge in [0.25, 0.3) is 5.91 Å². The fourth-order valence-corrected chi connectivity index (χ4v) is 2.03. The van der Waals surface area contributed by atoms with Gasteiger partial charge in [-0.25, -0.2) is 4.39 Å². The van der Waals surface area contributed by atoms with Crippen LogP contribution in [-0.2, 0) is 0 Å². The Morgan fingerprint density at radius 1 is 1.20 bits per heavy atom. The molecule has 100 valence electrons. The fourth-order valence-electron chi connectivity index (χ4n) is 1.56. The third-order valence-electron chi connectivity index (χ3n) is 2.50. The van der Waals surface area contributed by atoms with Crippen molar-refractivity contribution in [3.63, 3.8) is 0 Å². The number of nitrogens with one attached hydrogen (secondary N) is 1. The third-order valence-corrected chi connectivity index (χ3v) is 3.11. The van der Waals surface area contributed by atoms with Crippen molar-refractivity contribution in [3.8, 4) is 6.07 Å². The zero-order valence-electron chi connectivity index (χ0n) is 9.95. The van der Waals surface area contributed by atoms with E-state index in [2.05, 4.69) is 5.32 Å². The van der Waals surface area contributed by atoms with Crippen LogP contribution in [0.3, 0.4) is 0 Å². The molecule has 0 bridgehead atoms. The first-order valence-electron chi connectivity index (χ1n) is 5.47. The molecule has 0 spiro atoms. The van der Waals surface area contributed by atoms with Gasteiger partial charge in [-0.1, -0.05) is 29.3 Å². The number of carbonyl (C=O) groups is 1. The molecular formula is C14H7Cl2FN2O. The van der Waals surface area contributed by atoms with Crippen LogP contribution in [0.1, 0.15) is 15.9 Å². The first-order chi connectivity index (χ1) is 9.51. The number of amides is 1. The van der Waals surface area contributed by atoms with Crippen LogP contribution in [0.4, 0.5) is 10.1 Å². The van der Waals surface area contributed by atoms with Crippen LogP contribution in [0.25, 0.3) is 0 Å². The van der Waals surface area contributed by atoms with E-state index in [9.17, 15) is 9.18 Å². The van der Waals surface area contributed by atoms with E-state index >= 15 is 0 Å². The summed E-state index contributed by atoms with van der Waals surface area (Å²) in [6.07, 6.45) is 0. The smallest absolute Gasteiger partial charge is 0.257 e. The minimum absolute atomic E-state index is 0.0315. The van der Waals surface area contributed by atoms with E-state index in [0.717, 1.165) is 6.07 Å². The Hall–Kier alpha value is -2.09. The van der Waals surface area contributed by atoms with Gasteiger partial charge in [-0.2, -0.15) is 5.26 Å². The molecule has 0 aromatic heterocycles. The summed E-state index contributed by atoms with van der Waals surface area (Å²) in [6, 6.07) is 10.4. The maximum absolute atomic E-state index is 13.4. The predicted molar refractivity (Wildman–Crippen MR) is 75.5 cm³/mol. The van der Waals surface area contributed by atoms with Crippen LogP contribution < -0.4 is 5.32 Å². The molecule has 0 radical (unpaired) electrons. The van der Waals surface area contributed by atoms with Crippen molar-refractivity contribution >= 4 is 34.8 Å². The Balaban J connectivity index is 2.28. The largest absolute Gasteiger partial charge is 0.322 e. The monoisotopic (exact) mass is 308 g/mol. The van der Waals surface area contributed by atoms with Crippen molar-refractivity contribution in [2.45, 2.75) is 0 Å². The summed E-state index contributed by atoms with van der Waals surface area (Å²) in [4.78, 5) is 12.0. The molecule has 20 heavy (non-hydrogen) atoms. The summed E-state index contributed by atoms with van der Waals surface area (Å²) in [5.74, 6) is -1.31. The summed E-state index contributed by atoms with van der Waals surface area (Å²) in [5.41, 5.74) is 0.785. The highest BCUT2D eigenvalue weighted by Crippen LogP contribution is 2.25. The lowest BCUT2D eigenvalue weighted by Gasteiger charge is -2.08. The molecule has 0 aliphatic heterocycles. The standard InChI is InChI=1S/C14H7Cl2FN2O/c15-11-6-12(16)13(17)5-10(11)14(20)19-9-3-1-2-8(4-9)7-18/h1-6H,(H,19,20). The Kier molecular flexibility index (Phi) is 4.23. The highest BCUT2D eigenvalue weighted by molar-refractivity contribution is 6.37. The van der Waals surface area contributed by atoms with Gasteiger partial charge < -0.3 is 5.32 Å². The Morgan fingerprint density at radius 3 is 2.65 bits per heavy atom. The van der Waals surface area contributed by atoms with E-state index in [1.54, 1.807) is 18.2 Å². The topological polar surface area (TPSA) is 52.9 Å². The lowest BCUT2D eigenvalue weighted by molar-refractivity contribution is 0.102. The minimum atomic E-state index is -0.730. The SMILES string of the molecule is N#Cc1cccc(NC(=O)c2cc(F)c(Cl)cc2Cl)c1. The molecule has 0 fully saturated rings. The fraction of sp³-hybridized carbons (Fsp3) is 0. The minimum Gasteiger partial charge on any atom is -0.322 e. The number of nitrogens with zero attached hydrogens (tertiary/aromatic N) is 1. The Morgan fingerprint density at radius 2 is 1.95 bits per heavy atom. The van der Waals surface area contributed by atoms with Gasteiger partial charge in [0.1, 0.15) is 5.82 Å². The van der Waals surface area contributed by atoms with Gasteiger partial charge in [0.15, 0.2) is 0 Å². The first-order valence-corrected chi connectivity index (χ1v) is 6.23. The molecule has 1 amide bonds. The van der Waals surface area contributed by atoms with Crippen LogP contribution in [0.5, 0.6) is 0 Å². The van der Waals surface area contributed by atoms with Crippen LogP contribution >= 0.6 is 23.2 Å². The predicted octanol–water partition coefficient (Wildman–Crippen LogP) is 4.26. The number of halogens is 3.